The molecule has 0 heterocycles. The van der Waals surface area contributed by atoms with Crippen molar-refractivity contribution in [2.24, 2.45) is 0 Å². The van der Waals surface area contributed by atoms with Crippen molar-refractivity contribution in [1.82, 2.24) is 0 Å². The summed E-state index contributed by atoms with van der Waals surface area (Å²) in [4.78, 5) is 11.9. The van der Waals surface area contributed by atoms with Gasteiger partial charge in [0.1, 0.15) is 5.76 Å². The molecule has 2 nitrogen and oxygen atoms in total. The molecule has 0 unspecified atom stereocenters. The Morgan fingerprint density at radius 1 is 1.24 bits per heavy atom. The van der Waals surface area contributed by atoms with Crippen LogP contribution in [0, 0.1) is 0 Å². The Labute approximate surface area is 110 Å². The molecule has 1 aromatic rings. The van der Waals surface area contributed by atoms with Gasteiger partial charge in [0.2, 0.25) is 0 Å². The molecular weight excluding hydrogens is 259 g/mol. The first-order valence-corrected chi connectivity index (χ1v) is 6.29. The van der Waals surface area contributed by atoms with Crippen molar-refractivity contribution < 1.29 is 9.53 Å². The second-order valence-electron chi connectivity index (χ2n) is 3.91. The zero-order valence-electron chi connectivity index (χ0n) is 9.21. The summed E-state index contributed by atoms with van der Waals surface area (Å²) >= 11 is 11.8. The van der Waals surface area contributed by atoms with Gasteiger partial charge >= 0.3 is 5.97 Å². The summed E-state index contributed by atoms with van der Waals surface area (Å²) < 4.78 is 5.29. The van der Waals surface area contributed by atoms with Crippen molar-refractivity contribution in [1.29, 1.82) is 0 Å². The Balaban J connectivity index is 2.14. The zero-order chi connectivity index (χ0) is 12.3. The van der Waals surface area contributed by atoms with Crippen LogP contribution in [0.3, 0.4) is 0 Å². The summed E-state index contributed by atoms with van der Waals surface area (Å²) in [5.74, 6) is 0.294. The van der Waals surface area contributed by atoms with Crippen molar-refractivity contribution in [3.63, 3.8) is 0 Å². The number of carbonyl (C=O) groups is 1. The highest BCUT2D eigenvalue weighted by Gasteiger charge is 2.16. The van der Waals surface area contributed by atoms with E-state index in [0.717, 1.165) is 31.4 Å². The van der Waals surface area contributed by atoms with E-state index >= 15 is 0 Å². The van der Waals surface area contributed by atoms with Crippen molar-refractivity contribution >= 4 is 29.2 Å². The third kappa shape index (κ3) is 3.02. The average Bonchev–Trinajstić information content (AvgIpc) is 2.34. The number of benzene rings is 1. The van der Waals surface area contributed by atoms with Gasteiger partial charge in [0.25, 0.3) is 0 Å². The molecule has 0 saturated heterocycles. The fourth-order valence-electron chi connectivity index (χ4n) is 1.74. The molecule has 17 heavy (non-hydrogen) atoms. The van der Waals surface area contributed by atoms with Crippen LogP contribution in [0.1, 0.15) is 36.0 Å². The quantitative estimate of drug-likeness (QED) is 0.734. The van der Waals surface area contributed by atoms with Gasteiger partial charge in [-0.3, -0.25) is 0 Å². The second kappa shape index (κ2) is 5.56. The monoisotopic (exact) mass is 270 g/mol. The Morgan fingerprint density at radius 2 is 2.06 bits per heavy atom. The molecular formula is C13H12Cl2O2. The van der Waals surface area contributed by atoms with Gasteiger partial charge in [-0.05, 0) is 37.5 Å². The summed E-state index contributed by atoms with van der Waals surface area (Å²) in [5.41, 5.74) is 0.311. The van der Waals surface area contributed by atoms with Crippen LogP contribution in [0.15, 0.2) is 30.0 Å². The molecule has 0 bridgehead atoms. The van der Waals surface area contributed by atoms with Crippen molar-refractivity contribution in [3.8, 4) is 0 Å². The van der Waals surface area contributed by atoms with E-state index in [9.17, 15) is 4.79 Å². The van der Waals surface area contributed by atoms with Crippen LogP contribution in [0.5, 0.6) is 0 Å². The van der Waals surface area contributed by atoms with E-state index in [0.29, 0.717) is 10.6 Å². The fourth-order valence-corrected chi connectivity index (χ4v) is 2.11. The lowest BCUT2D eigenvalue weighted by Gasteiger charge is -2.13. The lowest BCUT2D eigenvalue weighted by atomic mass is 10.1. The minimum atomic E-state index is -0.439. The highest BCUT2D eigenvalue weighted by Crippen LogP contribution is 2.27. The van der Waals surface area contributed by atoms with Gasteiger partial charge < -0.3 is 4.74 Å². The molecule has 0 amide bonds. The Kier molecular flexibility index (Phi) is 4.08. The fraction of sp³-hybridized carbons (Fsp3) is 0.308. The molecule has 0 saturated carbocycles. The van der Waals surface area contributed by atoms with Gasteiger partial charge in [-0.2, -0.15) is 0 Å². The molecule has 0 atom stereocenters. The van der Waals surface area contributed by atoms with E-state index in [1.165, 1.54) is 0 Å². The van der Waals surface area contributed by atoms with Crippen molar-refractivity contribution in [3.05, 3.63) is 45.6 Å². The van der Waals surface area contributed by atoms with Crippen LogP contribution in [-0.4, -0.2) is 5.97 Å². The summed E-state index contributed by atoms with van der Waals surface area (Å²) in [5, 5.41) is 0.606. The third-order valence-electron chi connectivity index (χ3n) is 2.64. The van der Waals surface area contributed by atoms with E-state index in [-0.39, 0.29) is 5.02 Å². The molecule has 1 aliphatic rings. The molecule has 1 aromatic carbocycles. The van der Waals surface area contributed by atoms with E-state index in [2.05, 4.69) is 0 Å². The number of allylic oxidation sites excluding steroid dienone is 2. The summed E-state index contributed by atoms with van der Waals surface area (Å²) in [7, 11) is 0. The number of carbonyl (C=O) groups excluding carboxylic acids is 1. The number of ether oxygens (including phenoxy) is 1. The average molecular weight is 271 g/mol. The first-order valence-electron chi connectivity index (χ1n) is 5.53. The first kappa shape index (κ1) is 12.5. The van der Waals surface area contributed by atoms with E-state index in [1.807, 2.05) is 6.08 Å². The maximum Gasteiger partial charge on any atom is 0.344 e. The topological polar surface area (TPSA) is 26.3 Å². The summed E-state index contributed by atoms with van der Waals surface area (Å²) in [6, 6.07) is 4.93. The number of esters is 1. The van der Waals surface area contributed by atoms with Crippen molar-refractivity contribution in [2.45, 2.75) is 25.7 Å². The maximum absolute atomic E-state index is 11.9. The first-order chi connectivity index (χ1) is 8.18. The van der Waals surface area contributed by atoms with Crippen LogP contribution >= 0.6 is 23.2 Å². The normalized spacial score (nSPS) is 15.3. The van der Waals surface area contributed by atoms with Crippen LogP contribution in [0.4, 0.5) is 0 Å². The standard InChI is InChI=1S/C13H12Cl2O2/c14-11-8-4-7-10(12(11)15)13(16)17-9-5-2-1-3-6-9/h4-5,7-8H,1-3,6H2. The van der Waals surface area contributed by atoms with Gasteiger partial charge in [0.05, 0.1) is 15.6 Å². The number of hydrogen-bond donors (Lipinski definition) is 0. The van der Waals surface area contributed by atoms with Crippen LogP contribution < -0.4 is 0 Å². The molecule has 0 N–H and O–H groups in total. The summed E-state index contributed by atoms with van der Waals surface area (Å²) in [6.07, 6.45) is 5.94. The highest BCUT2D eigenvalue weighted by molar-refractivity contribution is 6.43. The second-order valence-corrected chi connectivity index (χ2v) is 4.69. The number of hydrogen-bond acceptors (Lipinski definition) is 2. The van der Waals surface area contributed by atoms with Crippen molar-refractivity contribution in [2.75, 3.05) is 0 Å². The largest absolute Gasteiger partial charge is 0.428 e. The maximum atomic E-state index is 11.9. The molecule has 1 aliphatic carbocycles. The number of halogens is 2. The van der Waals surface area contributed by atoms with Gasteiger partial charge in [-0.25, -0.2) is 4.79 Å². The van der Waals surface area contributed by atoms with Gasteiger partial charge in [0.15, 0.2) is 0 Å². The Morgan fingerprint density at radius 3 is 2.76 bits per heavy atom. The Hall–Kier alpha value is -0.990. The smallest absolute Gasteiger partial charge is 0.344 e. The zero-order valence-corrected chi connectivity index (χ0v) is 10.7. The molecule has 90 valence electrons. The minimum absolute atomic E-state index is 0.246. The van der Waals surface area contributed by atoms with E-state index < -0.39 is 5.97 Å². The predicted molar refractivity (Wildman–Crippen MR) is 68.4 cm³/mol. The molecule has 0 aromatic heterocycles. The molecule has 2 rings (SSSR count). The van der Waals surface area contributed by atoms with Gasteiger partial charge in [-0.15, -0.1) is 0 Å². The lowest BCUT2D eigenvalue weighted by molar-refractivity contribution is 0.0608. The third-order valence-corrected chi connectivity index (χ3v) is 3.46. The van der Waals surface area contributed by atoms with Crippen LogP contribution in [-0.2, 0) is 4.74 Å². The molecule has 4 heteroatoms. The predicted octanol–water partition coefficient (Wildman–Crippen LogP) is 4.61. The van der Waals surface area contributed by atoms with Gasteiger partial charge in [0, 0.05) is 6.42 Å². The molecule has 0 spiro atoms. The number of rotatable bonds is 2. The molecule has 0 aliphatic heterocycles. The van der Waals surface area contributed by atoms with E-state index in [1.54, 1.807) is 18.2 Å². The van der Waals surface area contributed by atoms with Gasteiger partial charge in [-0.1, -0.05) is 29.3 Å². The van der Waals surface area contributed by atoms with Crippen LogP contribution in [0.2, 0.25) is 10.0 Å². The van der Waals surface area contributed by atoms with E-state index in [4.69, 9.17) is 27.9 Å². The molecule has 0 radical (unpaired) electrons. The summed E-state index contributed by atoms with van der Waals surface area (Å²) in [6.45, 7) is 0. The SMILES string of the molecule is O=C(OC1=CCCCC1)c1cccc(Cl)c1Cl. The lowest BCUT2D eigenvalue weighted by Crippen LogP contribution is -2.07. The molecule has 0 fully saturated rings. The minimum Gasteiger partial charge on any atom is -0.428 e. The Bertz CT molecular complexity index is 466. The highest BCUT2D eigenvalue weighted by atomic mass is 35.5. The van der Waals surface area contributed by atoms with Crippen LogP contribution in [0.25, 0.3) is 0 Å².